The number of carbonyl (C=O) groups is 1. The van der Waals surface area contributed by atoms with E-state index in [1.54, 1.807) is 0 Å². The Morgan fingerprint density at radius 2 is 2.45 bits per heavy atom. The van der Waals surface area contributed by atoms with E-state index in [1.165, 1.54) is 0 Å². The molecule has 1 spiro atoms. The third-order valence-corrected chi connectivity index (χ3v) is 2.99. The quantitative estimate of drug-likeness (QED) is 0.578. The number of hydrogen-bond acceptors (Lipinski definition) is 2. The molecule has 0 unspecified atom stereocenters. The van der Waals surface area contributed by atoms with Crippen molar-refractivity contribution in [3.05, 3.63) is 0 Å². The maximum Gasteiger partial charge on any atom is 0.307 e. The van der Waals surface area contributed by atoms with E-state index >= 15 is 0 Å². The first-order valence-electron chi connectivity index (χ1n) is 4.18. The van der Waals surface area contributed by atoms with Gasteiger partial charge in [-0.2, -0.15) is 0 Å². The normalized spacial score (nSPS) is 42.4. The van der Waals surface area contributed by atoms with Crippen molar-refractivity contribution in [2.45, 2.75) is 19.3 Å². The molecule has 62 valence electrons. The minimum Gasteiger partial charge on any atom is -0.481 e. The summed E-state index contributed by atoms with van der Waals surface area (Å²) in [5.74, 6) is -0.649. The lowest BCUT2D eigenvalue weighted by Crippen LogP contribution is -2.33. The standard InChI is InChI=1S/C8H13NO2/c10-7(11)6-4-8(6)2-1-3-9-5-8/h6,9H,1-5H2,(H,10,11)/t6-,8+/m0/s1. The topological polar surface area (TPSA) is 49.3 Å². The van der Waals surface area contributed by atoms with Crippen molar-refractivity contribution >= 4 is 5.97 Å². The summed E-state index contributed by atoms with van der Waals surface area (Å²) >= 11 is 0. The van der Waals surface area contributed by atoms with E-state index in [9.17, 15) is 4.79 Å². The predicted octanol–water partition coefficient (Wildman–Crippen LogP) is 0.461. The minimum absolute atomic E-state index is 0.0460. The van der Waals surface area contributed by atoms with Gasteiger partial charge in [-0.1, -0.05) is 0 Å². The van der Waals surface area contributed by atoms with E-state index in [4.69, 9.17) is 5.11 Å². The van der Waals surface area contributed by atoms with Gasteiger partial charge < -0.3 is 10.4 Å². The van der Waals surface area contributed by atoms with Crippen LogP contribution < -0.4 is 5.32 Å². The van der Waals surface area contributed by atoms with Crippen molar-refractivity contribution < 1.29 is 9.90 Å². The molecular formula is C8H13NO2. The van der Waals surface area contributed by atoms with E-state index in [1.807, 2.05) is 0 Å². The Bertz CT molecular complexity index is 185. The van der Waals surface area contributed by atoms with Crippen molar-refractivity contribution in [2.24, 2.45) is 11.3 Å². The SMILES string of the molecule is O=C(O)[C@@H]1C[C@@]12CCCNC2. The molecule has 11 heavy (non-hydrogen) atoms. The summed E-state index contributed by atoms with van der Waals surface area (Å²) in [5.41, 5.74) is 0.157. The molecule has 1 saturated heterocycles. The smallest absolute Gasteiger partial charge is 0.307 e. The second kappa shape index (κ2) is 2.21. The molecule has 1 aliphatic heterocycles. The van der Waals surface area contributed by atoms with Crippen LogP contribution in [-0.2, 0) is 4.79 Å². The number of carboxylic acids is 1. The van der Waals surface area contributed by atoms with Crippen LogP contribution in [0.5, 0.6) is 0 Å². The van der Waals surface area contributed by atoms with Gasteiger partial charge in [0.2, 0.25) is 0 Å². The Hall–Kier alpha value is -0.570. The van der Waals surface area contributed by atoms with Gasteiger partial charge >= 0.3 is 5.97 Å². The predicted molar refractivity (Wildman–Crippen MR) is 40.3 cm³/mol. The highest BCUT2D eigenvalue weighted by Crippen LogP contribution is 2.56. The highest BCUT2D eigenvalue weighted by atomic mass is 16.4. The minimum atomic E-state index is -0.603. The highest BCUT2D eigenvalue weighted by Gasteiger charge is 2.58. The number of piperidine rings is 1. The lowest BCUT2D eigenvalue weighted by molar-refractivity contribution is -0.139. The summed E-state index contributed by atoms with van der Waals surface area (Å²) in [7, 11) is 0. The van der Waals surface area contributed by atoms with Gasteiger partial charge in [-0.3, -0.25) is 4.79 Å². The summed E-state index contributed by atoms with van der Waals surface area (Å²) in [5, 5.41) is 12.0. The van der Waals surface area contributed by atoms with Gasteiger partial charge in [0.25, 0.3) is 0 Å². The third kappa shape index (κ3) is 1.03. The van der Waals surface area contributed by atoms with Gasteiger partial charge in [0, 0.05) is 6.54 Å². The van der Waals surface area contributed by atoms with Gasteiger partial charge in [0.05, 0.1) is 5.92 Å². The van der Waals surface area contributed by atoms with Crippen LogP contribution in [0.3, 0.4) is 0 Å². The second-order valence-electron chi connectivity index (χ2n) is 3.74. The average molecular weight is 155 g/mol. The van der Waals surface area contributed by atoms with Gasteiger partial charge in [0.1, 0.15) is 0 Å². The lowest BCUT2D eigenvalue weighted by Gasteiger charge is -2.22. The fourth-order valence-corrected chi connectivity index (χ4v) is 2.16. The molecule has 0 aromatic heterocycles. The molecule has 2 aliphatic rings. The van der Waals surface area contributed by atoms with E-state index in [-0.39, 0.29) is 11.3 Å². The van der Waals surface area contributed by atoms with Gasteiger partial charge in [0.15, 0.2) is 0 Å². The molecule has 1 aliphatic carbocycles. The van der Waals surface area contributed by atoms with Gasteiger partial charge in [-0.15, -0.1) is 0 Å². The highest BCUT2D eigenvalue weighted by molar-refractivity contribution is 5.74. The summed E-state index contributed by atoms with van der Waals surface area (Å²) in [6.07, 6.45) is 3.15. The maximum absolute atomic E-state index is 10.6. The molecule has 1 saturated carbocycles. The van der Waals surface area contributed by atoms with Crippen LogP contribution in [0.25, 0.3) is 0 Å². The number of rotatable bonds is 1. The van der Waals surface area contributed by atoms with Crippen LogP contribution in [0.1, 0.15) is 19.3 Å². The Labute approximate surface area is 65.8 Å². The van der Waals surface area contributed by atoms with E-state index in [0.29, 0.717) is 0 Å². The Morgan fingerprint density at radius 1 is 1.64 bits per heavy atom. The maximum atomic E-state index is 10.6. The van der Waals surface area contributed by atoms with Crippen LogP contribution in [0, 0.1) is 11.3 Å². The molecule has 2 atom stereocenters. The summed E-state index contributed by atoms with van der Waals surface area (Å²) < 4.78 is 0. The van der Waals surface area contributed by atoms with Gasteiger partial charge in [-0.25, -0.2) is 0 Å². The lowest BCUT2D eigenvalue weighted by atomic mass is 9.94. The zero-order valence-electron chi connectivity index (χ0n) is 6.47. The molecule has 2 rings (SSSR count). The molecule has 0 aromatic carbocycles. The number of aliphatic carboxylic acids is 1. The average Bonchev–Trinajstić information content (AvgIpc) is 2.66. The molecule has 0 aromatic rings. The number of hydrogen-bond donors (Lipinski definition) is 2. The van der Waals surface area contributed by atoms with Crippen LogP contribution in [-0.4, -0.2) is 24.2 Å². The first kappa shape index (κ1) is 7.10. The zero-order chi connectivity index (χ0) is 7.90. The first-order chi connectivity index (χ1) is 5.25. The summed E-state index contributed by atoms with van der Waals surface area (Å²) in [4.78, 5) is 10.6. The molecule has 2 fully saturated rings. The number of carboxylic acid groups (broad SMARTS) is 1. The van der Waals surface area contributed by atoms with E-state index < -0.39 is 5.97 Å². The molecule has 2 N–H and O–H groups in total. The van der Waals surface area contributed by atoms with E-state index in [0.717, 1.165) is 32.4 Å². The summed E-state index contributed by atoms with van der Waals surface area (Å²) in [6.45, 7) is 1.98. The molecule has 0 radical (unpaired) electrons. The van der Waals surface area contributed by atoms with Crippen molar-refractivity contribution in [2.75, 3.05) is 13.1 Å². The van der Waals surface area contributed by atoms with Crippen molar-refractivity contribution in [1.29, 1.82) is 0 Å². The second-order valence-corrected chi connectivity index (χ2v) is 3.74. The molecule has 1 heterocycles. The van der Waals surface area contributed by atoms with Crippen LogP contribution >= 0.6 is 0 Å². The largest absolute Gasteiger partial charge is 0.481 e. The Morgan fingerprint density at radius 3 is 2.91 bits per heavy atom. The van der Waals surface area contributed by atoms with Crippen molar-refractivity contribution in [1.82, 2.24) is 5.32 Å². The third-order valence-electron chi connectivity index (χ3n) is 2.99. The molecular weight excluding hydrogens is 142 g/mol. The fourth-order valence-electron chi connectivity index (χ4n) is 2.16. The molecule has 3 heteroatoms. The monoisotopic (exact) mass is 155 g/mol. The van der Waals surface area contributed by atoms with Gasteiger partial charge in [-0.05, 0) is 31.2 Å². The van der Waals surface area contributed by atoms with Crippen LogP contribution in [0.4, 0.5) is 0 Å². The molecule has 0 amide bonds. The zero-order valence-corrected chi connectivity index (χ0v) is 6.47. The molecule has 3 nitrogen and oxygen atoms in total. The van der Waals surface area contributed by atoms with Crippen molar-refractivity contribution in [3.8, 4) is 0 Å². The van der Waals surface area contributed by atoms with Crippen LogP contribution in [0.15, 0.2) is 0 Å². The summed E-state index contributed by atoms with van der Waals surface area (Å²) in [6, 6.07) is 0. The molecule has 0 bridgehead atoms. The van der Waals surface area contributed by atoms with Crippen LogP contribution in [0.2, 0.25) is 0 Å². The van der Waals surface area contributed by atoms with E-state index in [2.05, 4.69) is 5.32 Å². The Kier molecular flexibility index (Phi) is 1.42. The fraction of sp³-hybridized carbons (Fsp3) is 0.875. The Balaban J connectivity index is 1.99. The number of nitrogens with one attached hydrogen (secondary N) is 1. The van der Waals surface area contributed by atoms with Crippen molar-refractivity contribution in [3.63, 3.8) is 0 Å². The first-order valence-corrected chi connectivity index (χ1v) is 4.18.